The lowest BCUT2D eigenvalue weighted by Crippen LogP contribution is -2.50. The Kier molecular flexibility index (Phi) is 5.56. The number of hydrogen-bond acceptors (Lipinski definition) is 4. The minimum absolute atomic E-state index is 0.0476. The van der Waals surface area contributed by atoms with Crippen molar-refractivity contribution in [1.29, 1.82) is 0 Å². The maximum absolute atomic E-state index is 11.9. The molecule has 0 aliphatic carbocycles. The summed E-state index contributed by atoms with van der Waals surface area (Å²) in [6, 6.07) is -1.96. The maximum Gasteiger partial charge on any atom is 0.326 e. The number of aliphatic hydroxyl groups is 1. The molecule has 8 nitrogen and oxygen atoms in total. The third-order valence-corrected chi connectivity index (χ3v) is 3.12. The molecule has 2 atom stereocenters. The Balaban J connectivity index is 2.55. The Morgan fingerprint density at radius 1 is 1.42 bits per heavy atom. The quantitative estimate of drug-likeness (QED) is 0.486. The number of aliphatic hydroxyl groups excluding tert-OH is 1. The van der Waals surface area contributed by atoms with Crippen LogP contribution in [0.2, 0.25) is 0 Å². The highest BCUT2D eigenvalue weighted by Gasteiger charge is 2.30. The number of aliphatic carboxylic acids is 1. The van der Waals surface area contributed by atoms with E-state index in [-0.39, 0.29) is 25.5 Å². The molecule has 1 heterocycles. The SMILES string of the molecule is NC(=O)CC[C@H](NC(=O)N1CCCC1CO)C(=O)O. The van der Waals surface area contributed by atoms with Gasteiger partial charge in [-0.3, -0.25) is 4.79 Å². The van der Waals surface area contributed by atoms with Crippen LogP contribution in [0, 0.1) is 0 Å². The molecule has 3 amide bonds. The van der Waals surface area contributed by atoms with Crippen LogP contribution in [-0.4, -0.2) is 58.3 Å². The van der Waals surface area contributed by atoms with Gasteiger partial charge in [-0.2, -0.15) is 0 Å². The van der Waals surface area contributed by atoms with E-state index in [0.29, 0.717) is 13.0 Å². The summed E-state index contributed by atoms with van der Waals surface area (Å²) in [4.78, 5) is 34.9. The van der Waals surface area contributed by atoms with Gasteiger partial charge >= 0.3 is 12.0 Å². The van der Waals surface area contributed by atoms with Gasteiger partial charge in [-0.05, 0) is 19.3 Å². The molecule has 0 aromatic rings. The number of nitrogens with zero attached hydrogens (tertiary/aromatic N) is 1. The van der Waals surface area contributed by atoms with E-state index in [0.717, 1.165) is 6.42 Å². The van der Waals surface area contributed by atoms with E-state index in [9.17, 15) is 14.4 Å². The molecular weight excluding hydrogens is 254 g/mol. The first-order chi connectivity index (χ1) is 8.95. The van der Waals surface area contributed by atoms with Crippen LogP contribution in [0.25, 0.3) is 0 Å². The minimum atomic E-state index is -1.21. The van der Waals surface area contributed by atoms with E-state index in [1.54, 1.807) is 0 Å². The summed E-state index contributed by atoms with van der Waals surface area (Å²) in [7, 11) is 0. The first-order valence-electron chi connectivity index (χ1n) is 6.14. The molecule has 1 saturated heterocycles. The van der Waals surface area contributed by atoms with E-state index >= 15 is 0 Å². The van der Waals surface area contributed by atoms with Crippen LogP contribution in [0.15, 0.2) is 0 Å². The molecule has 0 bridgehead atoms. The van der Waals surface area contributed by atoms with E-state index < -0.39 is 23.9 Å². The number of carboxylic acid groups (broad SMARTS) is 1. The number of carbonyl (C=O) groups excluding carboxylic acids is 2. The van der Waals surface area contributed by atoms with Crippen LogP contribution in [0.4, 0.5) is 4.79 Å². The Hall–Kier alpha value is -1.83. The van der Waals surface area contributed by atoms with Crippen LogP contribution in [0.3, 0.4) is 0 Å². The fraction of sp³-hybridized carbons (Fsp3) is 0.727. The molecule has 8 heteroatoms. The number of carboxylic acids is 1. The van der Waals surface area contributed by atoms with Crippen LogP contribution in [0.1, 0.15) is 25.7 Å². The predicted octanol–water partition coefficient (Wildman–Crippen LogP) is -1.13. The van der Waals surface area contributed by atoms with Crippen LogP contribution >= 0.6 is 0 Å². The standard InChI is InChI=1S/C11H19N3O5/c12-9(16)4-3-8(10(17)18)13-11(19)14-5-1-2-7(14)6-15/h7-8,15H,1-6H2,(H2,12,16)(H,13,19)(H,17,18)/t7?,8-/m0/s1. The smallest absolute Gasteiger partial charge is 0.326 e. The number of hydrogen-bond donors (Lipinski definition) is 4. The number of nitrogens with two attached hydrogens (primary N) is 1. The van der Waals surface area contributed by atoms with Gasteiger partial charge in [0.2, 0.25) is 5.91 Å². The zero-order valence-electron chi connectivity index (χ0n) is 10.5. The molecule has 1 aliphatic heterocycles. The second-order valence-corrected chi connectivity index (χ2v) is 4.52. The van der Waals surface area contributed by atoms with Crippen molar-refractivity contribution < 1.29 is 24.6 Å². The number of amides is 3. The van der Waals surface area contributed by atoms with Gasteiger partial charge in [0.15, 0.2) is 0 Å². The van der Waals surface area contributed by atoms with E-state index in [4.69, 9.17) is 15.9 Å². The van der Waals surface area contributed by atoms with Gasteiger partial charge in [0.1, 0.15) is 6.04 Å². The average Bonchev–Trinajstić information content (AvgIpc) is 2.81. The number of primary amides is 1. The number of carbonyl (C=O) groups is 3. The highest BCUT2D eigenvalue weighted by atomic mass is 16.4. The van der Waals surface area contributed by atoms with Crippen molar-refractivity contribution in [3.05, 3.63) is 0 Å². The molecule has 1 unspecified atom stereocenters. The van der Waals surface area contributed by atoms with Crippen molar-refractivity contribution >= 4 is 17.9 Å². The van der Waals surface area contributed by atoms with E-state index in [1.807, 2.05) is 0 Å². The van der Waals surface area contributed by atoms with Gasteiger partial charge in [0.25, 0.3) is 0 Å². The summed E-state index contributed by atoms with van der Waals surface area (Å²) < 4.78 is 0. The molecule has 0 aromatic carbocycles. The van der Waals surface area contributed by atoms with Crippen LogP contribution < -0.4 is 11.1 Å². The number of nitrogens with one attached hydrogen (secondary N) is 1. The highest BCUT2D eigenvalue weighted by molar-refractivity contribution is 5.83. The van der Waals surface area contributed by atoms with Gasteiger partial charge in [-0.1, -0.05) is 0 Å². The summed E-state index contributed by atoms with van der Waals surface area (Å²) in [6.45, 7) is 0.339. The number of urea groups is 1. The van der Waals surface area contributed by atoms with E-state index in [2.05, 4.69) is 5.32 Å². The van der Waals surface area contributed by atoms with Gasteiger partial charge in [0, 0.05) is 13.0 Å². The van der Waals surface area contributed by atoms with Crippen molar-refractivity contribution in [3.8, 4) is 0 Å². The van der Waals surface area contributed by atoms with Gasteiger partial charge in [-0.25, -0.2) is 9.59 Å². The normalized spacial score (nSPS) is 20.1. The summed E-state index contributed by atoms with van der Waals surface area (Å²) in [5.41, 5.74) is 4.95. The summed E-state index contributed by atoms with van der Waals surface area (Å²) in [5.74, 6) is -1.83. The van der Waals surface area contributed by atoms with Gasteiger partial charge in [-0.15, -0.1) is 0 Å². The summed E-state index contributed by atoms with van der Waals surface area (Å²) in [5, 5.41) is 20.4. The number of likely N-dealkylation sites (tertiary alicyclic amines) is 1. The molecule has 0 radical (unpaired) electrons. The van der Waals surface area contributed by atoms with Crippen LogP contribution in [0.5, 0.6) is 0 Å². The highest BCUT2D eigenvalue weighted by Crippen LogP contribution is 2.16. The average molecular weight is 273 g/mol. The van der Waals surface area contributed by atoms with Crippen molar-refractivity contribution in [2.75, 3.05) is 13.2 Å². The molecule has 5 N–H and O–H groups in total. The Morgan fingerprint density at radius 3 is 2.63 bits per heavy atom. The lowest BCUT2D eigenvalue weighted by atomic mass is 10.1. The fourth-order valence-corrected chi connectivity index (χ4v) is 2.07. The molecule has 0 aromatic heterocycles. The Morgan fingerprint density at radius 2 is 2.11 bits per heavy atom. The van der Waals surface area contributed by atoms with Crippen molar-refractivity contribution in [1.82, 2.24) is 10.2 Å². The monoisotopic (exact) mass is 273 g/mol. The molecule has 19 heavy (non-hydrogen) atoms. The fourth-order valence-electron chi connectivity index (χ4n) is 2.07. The lowest BCUT2D eigenvalue weighted by Gasteiger charge is -2.25. The topological polar surface area (TPSA) is 133 Å². The molecule has 1 aliphatic rings. The molecule has 1 fully saturated rings. The van der Waals surface area contributed by atoms with Crippen LogP contribution in [-0.2, 0) is 9.59 Å². The molecule has 0 spiro atoms. The molecular formula is C11H19N3O5. The largest absolute Gasteiger partial charge is 0.480 e. The van der Waals surface area contributed by atoms with Crippen molar-refractivity contribution in [2.45, 2.75) is 37.8 Å². The third-order valence-electron chi connectivity index (χ3n) is 3.12. The Bertz CT molecular complexity index is 360. The Labute approximate surface area is 110 Å². The lowest BCUT2D eigenvalue weighted by molar-refractivity contribution is -0.139. The zero-order valence-corrected chi connectivity index (χ0v) is 10.5. The van der Waals surface area contributed by atoms with Crippen molar-refractivity contribution in [2.24, 2.45) is 5.73 Å². The first-order valence-corrected chi connectivity index (χ1v) is 6.14. The molecule has 108 valence electrons. The number of rotatable bonds is 6. The second-order valence-electron chi connectivity index (χ2n) is 4.52. The van der Waals surface area contributed by atoms with Crippen molar-refractivity contribution in [3.63, 3.8) is 0 Å². The maximum atomic E-state index is 11.9. The van der Waals surface area contributed by atoms with Gasteiger partial charge < -0.3 is 26.2 Å². The summed E-state index contributed by atoms with van der Waals surface area (Å²) >= 11 is 0. The second kappa shape index (κ2) is 6.93. The molecule has 1 rings (SSSR count). The van der Waals surface area contributed by atoms with Gasteiger partial charge in [0.05, 0.1) is 12.6 Å². The predicted molar refractivity (Wildman–Crippen MR) is 65.2 cm³/mol. The summed E-state index contributed by atoms with van der Waals surface area (Å²) in [6.07, 6.45) is 1.31. The van der Waals surface area contributed by atoms with E-state index in [1.165, 1.54) is 4.90 Å². The minimum Gasteiger partial charge on any atom is -0.480 e. The molecule has 0 saturated carbocycles. The zero-order chi connectivity index (χ0) is 14.4. The first kappa shape index (κ1) is 15.2. The third kappa shape index (κ3) is 4.40.